The van der Waals surface area contributed by atoms with Gasteiger partial charge in [-0.2, -0.15) is 0 Å². The van der Waals surface area contributed by atoms with Crippen LogP contribution < -0.4 is 55.2 Å². The first-order valence-electron chi connectivity index (χ1n) is 39.3. The van der Waals surface area contributed by atoms with E-state index < -0.39 is 60.0 Å². The van der Waals surface area contributed by atoms with Crippen molar-refractivity contribution in [1.29, 1.82) is 0 Å². The zero-order valence-electron chi connectivity index (χ0n) is 66.4. The van der Waals surface area contributed by atoms with E-state index in [4.69, 9.17) is 66.3 Å². The molecule has 0 radical (unpaired) electrons. The van der Waals surface area contributed by atoms with Crippen LogP contribution in [0.15, 0.2) is 91.1 Å². The number of aliphatic hydroxyl groups excluding tert-OH is 1. The number of ether oxygens (including phenoxy) is 14. The van der Waals surface area contributed by atoms with Gasteiger partial charge in [0.2, 0.25) is 23.6 Å². The summed E-state index contributed by atoms with van der Waals surface area (Å²) in [4.78, 5) is 123. The highest BCUT2D eigenvalue weighted by atomic mass is 16.6. The number of carbonyl (C=O) groups excluding carboxylic acids is 9. The molecule has 5 aliphatic heterocycles. The van der Waals surface area contributed by atoms with E-state index in [1.165, 1.54) is 32.3 Å². The average molecular weight is 1600 g/mol. The van der Waals surface area contributed by atoms with Crippen molar-refractivity contribution in [2.24, 2.45) is 11.3 Å². The van der Waals surface area contributed by atoms with Crippen molar-refractivity contribution >= 4 is 76.0 Å². The van der Waals surface area contributed by atoms with Crippen molar-refractivity contribution in [1.82, 2.24) is 30.7 Å². The van der Waals surface area contributed by atoms with Crippen LogP contribution in [0.1, 0.15) is 110 Å². The van der Waals surface area contributed by atoms with Gasteiger partial charge in [-0.1, -0.05) is 38.1 Å². The maximum atomic E-state index is 14.5. The maximum Gasteiger partial charge on any atom is 0.416 e. The molecule has 1 saturated carbocycles. The van der Waals surface area contributed by atoms with Crippen LogP contribution in [0, 0.1) is 11.3 Å². The molecule has 10 rings (SSSR count). The molecule has 0 aromatic heterocycles. The highest BCUT2D eigenvalue weighted by molar-refractivity contribution is 6.13. The summed E-state index contributed by atoms with van der Waals surface area (Å²) >= 11 is 0. The minimum atomic E-state index is -1.46. The molecular formula is C82H109N9O24. The number of rotatable bonds is 50. The van der Waals surface area contributed by atoms with Gasteiger partial charge >= 0.3 is 6.09 Å². The van der Waals surface area contributed by atoms with E-state index in [1.54, 1.807) is 74.3 Å². The van der Waals surface area contributed by atoms with E-state index in [-0.39, 0.29) is 110 Å². The number of aliphatic hydroxyl groups is 1. The fraction of sp³-hybridized carbons (Fsp3) is 0.549. The van der Waals surface area contributed by atoms with Crippen molar-refractivity contribution in [3.63, 3.8) is 0 Å². The number of amides is 9. The molecule has 1 spiro atoms. The third-order valence-electron chi connectivity index (χ3n) is 20.3. The number of hydrogen-bond donors (Lipinski definition) is 6. The summed E-state index contributed by atoms with van der Waals surface area (Å²) in [5.41, 5.74) is 4.30. The number of methoxy groups -OCH3 is 3. The zero-order valence-corrected chi connectivity index (χ0v) is 66.4. The second-order valence-electron chi connectivity index (χ2n) is 28.8. The number of fused-ring (bicyclic) bond motifs is 4. The molecule has 2 fully saturated rings. The van der Waals surface area contributed by atoms with Gasteiger partial charge in [-0.25, -0.2) is 9.69 Å². The molecule has 2 unspecified atom stereocenters. The fourth-order valence-corrected chi connectivity index (χ4v) is 13.7. The van der Waals surface area contributed by atoms with Gasteiger partial charge in [0.25, 0.3) is 23.6 Å². The fourth-order valence-electron chi connectivity index (χ4n) is 13.7. The third kappa shape index (κ3) is 25.3. The van der Waals surface area contributed by atoms with Gasteiger partial charge in [0.1, 0.15) is 24.4 Å². The highest BCUT2D eigenvalue weighted by Crippen LogP contribution is 2.57. The Morgan fingerprint density at radius 1 is 0.591 bits per heavy atom. The normalized spacial score (nSPS) is 17.5. The summed E-state index contributed by atoms with van der Waals surface area (Å²) in [7, 11) is 4.64. The molecule has 0 bridgehead atoms. The first-order valence-corrected chi connectivity index (χ1v) is 39.3. The van der Waals surface area contributed by atoms with E-state index in [0.717, 1.165) is 39.5 Å². The van der Waals surface area contributed by atoms with Gasteiger partial charge in [0.15, 0.2) is 29.2 Å². The van der Waals surface area contributed by atoms with Crippen LogP contribution in [0.4, 0.5) is 21.9 Å². The van der Waals surface area contributed by atoms with Gasteiger partial charge in [0, 0.05) is 75.2 Å². The summed E-state index contributed by atoms with van der Waals surface area (Å²) in [5.74, 6) is -1.17. The molecule has 115 heavy (non-hydrogen) atoms. The van der Waals surface area contributed by atoms with Crippen LogP contribution in [-0.4, -0.2) is 270 Å². The number of nitrogens with zero attached hydrogens (tertiary/aromatic N) is 4. The molecule has 6 aliphatic rings. The standard InChI is InChI=1S/C82H109N9O24/c1-54(2)75(87-72(93)21-28-105-30-32-107-34-36-109-38-40-111-42-43-112-41-39-110-37-35-108-33-31-106-29-24-83-71(92)20-25-88-73(94)18-19-74(88)95)77(97)85-55(3)76(96)86-59-14-10-56(11-15-59)52-115-81(101)91-65-48-70(68(104-6)46-63(65)79(99)90-53-82(22-23-82)49-66(90)80(91)100)114-27-9-7-8-26-113-69-47-64-62(45-67(69)103-5)78(98)89-51-58(44-60(89)50-84-64)57-12-16-61(102-4)17-13-57/h10-19,45-48,51,54-55,60,66,75,80,84,100H,7-9,20-44,49-50,52-53H2,1-6H3,(H,83,92)(H,85,97)(H,86,96)(H,87,93)/t55?,60-,66+,75-,80?/m1/s1. The van der Waals surface area contributed by atoms with Gasteiger partial charge in [-0.15, -0.1) is 0 Å². The van der Waals surface area contributed by atoms with E-state index in [9.17, 15) is 48.3 Å². The largest absolute Gasteiger partial charge is 0.497 e. The van der Waals surface area contributed by atoms with E-state index in [0.29, 0.717) is 178 Å². The molecule has 33 heteroatoms. The second-order valence-corrected chi connectivity index (χ2v) is 28.8. The predicted molar refractivity (Wildman–Crippen MR) is 419 cm³/mol. The molecule has 1 saturated heterocycles. The maximum absolute atomic E-state index is 14.5. The molecule has 4 aromatic rings. The molecular weight excluding hydrogens is 1490 g/mol. The Morgan fingerprint density at radius 2 is 1.16 bits per heavy atom. The lowest BCUT2D eigenvalue weighted by molar-refractivity contribution is -0.137. The number of imide groups is 1. The molecule has 9 amide bonds. The summed E-state index contributed by atoms with van der Waals surface area (Å²) in [6.45, 7) is 12.2. The Bertz CT molecular complexity index is 3990. The summed E-state index contributed by atoms with van der Waals surface area (Å²) in [5, 5.41) is 26.6. The Labute approximate surface area is 669 Å². The average Bonchev–Trinajstić information content (AvgIpc) is 1.57. The van der Waals surface area contributed by atoms with Crippen LogP contribution in [-0.2, 0) is 78.0 Å². The van der Waals surface area contributed by atoms with Crippen LogP contribution in [0.5, 0.6) is 28.7 Å². The lowest BCUT2D eigenvalue weighted by Gasteiger charge is -2.31. The minimum Gasteiger partial charge on any atom is -0.497 e. The van der Waals surface area contributed by atoms with Crippen molar-refractivity contribution < 1.29 is 115 Å². The van der Waals surface area contributed by atoms with Crippen LogP contribution in [0.25, 0.3) is 5.57 Å². The Kier molecular flexibility index (Phi) is 33.6. The van der Waals surface area contributed by atoms with Crippen molar-refractivity contribution in [3.8, 4) is 28.7 Å². The molecule has 6 N–H and O–H groups in total. The highest BCUT2D eigenvalue weighted by Gasteiger charge is 2.58. The Balaban J connectivity index is 0.566. The van der Waals surface area contributed by atoms with Crippen LogP contribution in [0.2, 0.25) is 0 Å². The van der Waals surface area contributed by atoms with Gasteiger partial charge in [-0.3, -0.25) is 43.3 Å². The van der Waals surface area contributed by atoms with Gasteiger partial charge in [-0.05, 0) is 116 Å². The molecule has 4 aromatic carbocycles. The Morgan fingerprint density at radius 3 is 1.72 bits per heavy atom. The number of anilines is 3. The smallest absolute Gasteiger partial charge is 0.416 e. The quantitative estimate of drug-likeness (QED) is 0.0217. The SMILES string of the molecule is COc1ccc(C2=CN3C(=O)c4cc(OC)c(OCCCCCOc5cc6c(cc5OC)C(=O)N5CC7(CC7)C[C@H]5C(O)N6C(=O)OCc5ccc(NC(=O)C(C)NC(=O)[C@H](NC(=O)CCOCCOCCOCCOCCOCCOCCOCCOCCNC(=O)CCN6C(=O)C=CC6=O)C(C)C)cc5)cc4NC[C@H]3C2)cc1. The first kappa shape index (κ1) is 87.4. The third-order valence-corrected chi connectivity index (χ3v) is 20.3. The lowest BCUT2D eigenvalue weighted by atomic mass is 10.0. The molecule has 5 atom stereocenters. The number of benzene rings is 4. The number of carbonyl (C=O) groups is 9. The topological polar surface area (TPSA) is 376 Å². The van der Waals surface area contributed by atoms with Crippen LogP contribution in [0.3, 0.4) is 0 Å². The predicted octanol–water partition coefficient (Wildman–Crippen LogP) is 6.03. The Hall–Kier alpha value is -9.97. The number of hydrogen-bond acceptors (Lipinski definition) is 25. The van der Waals surface area contributed by atoms with Gasteiger partial charge < -0.3 is 108 Å². The second kappa shape index (κ2) is 44.2. The zero-order chi connectivity index (χ0) is 81.6. The van der Waals surface area contributed by atoms with Crippen molar-refractivity contribution in [2.75, 3.05) is 182 Å². The minimum absolute atomic E-state index is 0.0135. The summed E-state index contributed by atoms with van der Waals surface area (Å²) in [6, 6.07) is 18.2. The van der Waals surface area contributed by atoms with E-state index >= 15 is 0 Å². The van der Waals surface area contributed by atoms with Gasteiger partial charge in [0.05, 0.1) is 175 Å². The molecule has 5 heterocycles. The first-order chi connectivity index (χ1) is 55.8. The van der Waals surface area contributed by atoms with E-state index in [2.05, 4.69) is 26.6 Å². The number of nitrogens with one attached hydrogen (secondary N) is 5. The number of unbranched alkanes of at least 4 members (excludes halogenated alkanes) is 2. The lowest BCUT2D eigenvalue weighted by Crippen LogP contribution is -2.53. The van der Waals surface area contributed by atoms with E-state index in [1.807, 2.05) is 36.5 Å². The molecule has 626 valence electrons. The van der Waals surface area contributed by atoms with Crippen molar-refractivity contribution in [3.05, 3.63) is 113 Å². The van der Waals surface area contributed by atoms with Crippen LogP contribution >= 0.6 is 0 Å². The monoisotopic (exact) mass is 1600 g/mol. The molecule has 1 aliphatic carbocycles. The molecule has 33 nitrogen and oxygen atoms in total. The summed E-state index contributed by atoms with van der Waals surface area (Å²) < 4.78 is 79.4. The summed E-state index contributed by atoms with van der Waals surface area (Å²) in [6.07, 6.45) is 6.90. The van der Waals surface area contributed by atoms with Crippen molar-refractivity contribution in [2.45, 2.75) is 116 Å².